The van der Waals surface area contributed by atoms with Crippen LogP contribution in [0.5, 0.6) is 11.5 Å². The zero-order valence-electron chi connectivity index (χ0n) is 25.6. The molecule has 0 aliphatic heterocycles. The van der Waals surface area contributed by atoms with E-state index in [0.717, 1.165) is 10.6 Å². The van der Waals surface area contributed by atoms with Gasteiger partial charge in [0.25, 0.3) is 0 Å². The number of rotatable bonds is 9. The fraction of sp³-hybridized carbons (Fsp3) is 0.294. The van der Waals surface area contributed by atoms with E-state index in [1.807, 2.05) is 133 Å². The van der Waals surface area contributed by atoms with Gasteiger partial charge in [0, 0.05) is 34.5 Å². The molecule has 0 saturated carbocycles. The lowest BCUT2D eigenvalue weighted by molar-refractivity contribution is 0.130. The normalized spacial score (nSPS) is 13.0. The maximum absolute atomic E-state index is 14.0. The molecule has 0 saturated heterocycles. The minimum atomic E-state index is -4.21. The summed E-state index contributed by atoms with van der Waals surface area (Å²) in [6, 6.07) is 31.2. The third kappa shape index (κ3) is 7.48. The zero-order valence-corrected chi connectivity index (χ0v) is 27.3. The van der Waals surface area contributed by atoms with Gasteiger partial charge in [0.15, 0.2) is 0 Å². The summed E-state index contributed by atoms with van der Waals surface area (Å²) < 4.78 is 46.8. The van der Waals surface area contributed by atoms with Gasteiger partial charge in [-0.25, -0.2) is 3.63 Å². The molecular weight excluding hydrogens is 567 g/mol. The molecule has 0 spiro atoms. The zero-order chi connectivity index (χ0) is 30.8. The van der Waals surface area contributed by atoms with Crippen molar-refractivity contribution in [3.05, 3.63) is 103 Å². The van der Waals surface area contributed by atoms with E-state index in [1.54, 1.807) is 30.3 Å². The molecule has 0 aliphatic rings. The first-order chi connectivity index (χ1) is 19.6. The van der Waals surface area contributed by atoms with Gasteiger partial charge in [0.2, 0.25) is 0 Å². The number of benzene rings is 4. The second-order valence-corrected chi connectivity index (χ2v) is 16.6. The first kappa shape index (κ1) is 31.5. The molecule has 0 heterocycles. The summed E-state index contributed by atoms with van der Waals surface area (Å²) in [5.74, 6) is 1.36. The van der Waals surface area contributed by atoms with Crippen molar-refractivity contribution in [3.63, 3.8) is 0 Å². The Labute approximate surface area is 252 Å². The third-order valence-electron chi connectivity index (χ3n) is 6.05. The molecule has 0 aliphatic carbocycles. The smallest absolute Gasteiger partial charge is 0.307 e. The Balaban J connectivity index is 2.01. The van der Waals surface area contributed by atoms with Crippen LogP contribution in [-0.2, 0) is 13.7 Å². The van der Waals surface area contributed by atoms with E-state index in [-0.39, 0.29) is 16.1 Å². The van der Waals surface area contributed by atoms with Crippen LogP contribution in [0.15, 0.2) is 123 Å². The summed E-state index contributed by atoms with van der Waals surface area (Å²) in [5, 5.41) is 0. The summed E-state index contributed by atoms with van der Waals surface area (Å²) in [5.41, 5.74) is 0.147. The fourth-order valence-corrected chi connectivity index (χ4v) is 9.57. The average molecular weight is 608 g/mol. The second kappa shape index (κ2) is 12.0. The van der Waals surface area contributed by atoms with Crippen molar-refractivity contribution >= 4 is 26.1 Å². The lowest BCUT2D eigenvalue weighted by Gasteiger charge is -2.40. The summed E-state index contributed by atoms with van der Waals surface area (Å²) in [6.45, 7) is 11.9. The Hall–Kier alpha value is -3.46. The molecule has 42 heavy (non-hydrogen) atoms. The van der Waals surface area contributed by atoms with Crippen LogP contribution in [-0.4, -0.2) is 33.7 Å². The van der Waals surface area contributed by atoms with E-state index in [9.17, 15) is 8.42 Å². The molecule has 0 fully saturated rings. The maximum atomic E-state index is 14.0. The minimum Gasteiger partial charge on any atom is -0.488 e. The third-order valence-corrected chi connectivity index (χ3v) is 11.2. The molecule has 0 bridgehead atoms. The number of hydrogen-bond donors (Lipinski definition) is 0. The lowest BCUT2D eigenvalue weighted by atomic mass is 10.2. The van der Waals surface area contributed by atoms with Crippen molar-refractivity contribution in [1.82, 2.24) is 0 Å². The van der Waals surface area contributed by atoms with Crippen molar-refractivity contribution in [2.75, 3.05) is 19.0 Å². The van der Waals surface area contributed by atoms with Crippen molar-refractivity contribution in [1.29, 1.82) is 0 Å². The minimum absolute atomic E-state index is 0.0889. The molecule has 0 N–H and O–H groups in total. The Morgan fingerprint density at radius 3 is 1.43 bits per heavy atom. The first-order valence-corrected chi connectivity index (χ1v) is 16.8. The van der Waals surface area contributed by atoms with Crippen LogP contribution in [0.3, 0.4) is 0 Å². The quantitative estimate of drug-likeness (QED) is 0.190. The highest BCUT2D eigenvalue weighted by Crippen LogP contribution is 2.70. The lowest BCUT2D eigenvalue weighted by Crippen LogP contribution is -2.23. The van der Waals surface area contributed by atoms with Crippen molar-refractivity contribution < 1.29 is 21.5 Å². The number of anilines is 1. The standard InChI is InChI=1S/C34H41NO5S2/c1-33(2,3)38-27-17-21-29(22-18-27)41(32-16-12-13-26(25-32)35(7)8,40-42(36,37)31-14-10-9-11-15-31)30-23-19-28(20-24-30)39-34(4,5)6/h9-25H,1-8H3. The highest BCUT2D eigenvalue weighted by atomic mass is 32.3. The van der Waals surface area contributed by atoms with E-state index in [2.05, 4.69) is 0 Å². The molecule has 4 aromatic rings. The van der Waals surface area contributed by atoms with Crippen LogP contribution >= 0.6 is 10.3 Å². The van der Waals surface area contributed by atoms with Gasteiger partial charge in [-0.1, -0.05) is 24.3 Å². The van der Waals surface area contributed by atoms with Gasteiger partial charge in [0.05, 0.1) is 4.90 Å². The van der Waals surface area contributed by atoms with E-state index >= 15 is 0 Å². The summed E-state index contributed by atoms with van der Waals surface area (Å²) in [7, 11) is -3.15. The van der Waals surface area contributed by atoms with Crippen LogP contribution in [0.1, 0.15) is 41.5 Å². The Kier molecular flexibility index (Phi) is 9.02. The predicted molar refractivity (Wildman–Crippen MR) is 172 cm³/mol. The van der Waals surface area contributed by atoms with E-state index in [4.69, 9.17) is 13.1 Å². The molecule has 8 heteroatoms. The fourth-order valence-electron chi connectivity index (χ4n) is 4.33. The van der Waals surface area contributed by atoms with Gasteiger partial charge in [-0.05, 0) is 131 Å². The predicted octanol–water partition coefficient (Wildman–Crippen LogP) is 8.71. The maximum Gasteiger partial charge on any atom is 0.307 e. The summed E-state index contributed by atoms with van der Waals surface area (Å²) in [4.78, 5) is 4.24. The van der Waals surface area contributed by atoms with Gasteiger partial charge in [-0.2, -0.15) is 8.42 Å². The highest BCUT2D eigenvalue weighted by molar-refractivity contribution is 8.33. The van der Waals surface area contributed by atoms with E-state index < -0.39 is 20.4 Å². The van der Waals surface area contributed by atoms with E-state index in [1.165, 1.54) is 0 Å². The molecular formula is C34H41NO5S2. The molecule has 0 atom stereocenters. The highest BCUT2D eigenvalue weighted by Gasteiger charge is 2.39. The van der Waals surface area contributed by atoms with Gasteiger partial charge in [0.1, 0.15) is 22.7 Å². The van der Waals surface area contributed by atoms with Crippen molar-refractivity contribution in [2.45, 2.75) is 72.3 Å². The molecule has 0 aromatic heterocycles. The topological polar surface area (TPSA) is 65.1 Å². The molecule has 0 unspecified atom stereocenters. The largest absolute Gasteiger partial charge is 0.488 e. The average Bonchev–Trinajstić information content (AvgIpc) is 2.91. The molecule has 224 valence electrons. The molecule has 0 amide bonds. The van der Waals surface area contributed by atoms with E-state index in [0.29, 0.717) is 21.3 Å². The Bertz CT molecular complexity index is 1530. The van der Waals surface area contributed by atoms with Gasteiger partial charge in [-0.3, -0.25) is 0 Å². The van der Waals surface area contributed by atoms with Crippen LogP contribution in [0.25, 0.3) is 0 Å². The second-order valence-electron chi connectivity index (χ2n) is 12.2. The first-order valence-electron chi connectivity index (χ1n) is 13.8. The van der Waals surface area contributed by atoms with Gasteiger partial charge < -0.3 is 14.4 Å². The molecule has 4 rings (SSSR count). The van der Waals surface area contributed by atoms with Gasteiger partial charge >= 0.3 is 10.1 Å². The van der Waals surface area contributed by atoms with Crippen molar-refractivity contribution in [3.8, 4) is 11.5 Å². The monoisotopic (exact) mass is 607 g/mol. The summed E-state index contributed by atoms with van der Waals surface area (Å²) >= 11 is 0. The van der Waals surface area contributed by atoms with Crippen LogP contribution in [0.4, 0.5) is 5.69 Å². The molecule has 0 radical (unpaired) electrons. The number of nitrogens with zero attached hydrogens (tertiary/aromatic N) is 1. The number of ether oxygens (including phenoxy) is 2. The van der Waals surface area contributed by atoms with Crippen LogP contribution in [0, 0.1) is 0 Å². The van der Waals surface area contributed by atoms with Crippen LogP contribution < -0.4 is 14.4 Å². The van der Waals surface area contributed by atoms with Gasteiger partial charge in [-0.15, -0.1) is 0 Å². The SMILES string of the molecule is CN(C)c1cccc(S(OS(=O)(=O)c2ccccc2)(c2ccc(OC(C)(C)C)cc2)c2ccc(OC(C)(C)C)cc2)c1. The summed E-state index contributed by atoms with van der Waals surface area (Å²) in [6.07, 6.45) is 0. The Morgan fingerprint density at radius 1 is 0.548 bits per heavy atom. The molecule has 4 aromatic carbocycles. The molecule has 6 nitrogen and oxygen atoms in total. The van der Waals surface area contributed by atoms with Crippen LogP contribution in [0.2, 0.25) is 0 Å². The number of hydrogen-bond acceptors (Lipinski definition) is 6. The Morgan fingerprint density at radius 2 is 1.00 bits per heavy atom. The van der Waals surface area contributed by atoms with Crippen molar-refractivity contribution in [2.24, 2.45) is 0 Å².